The highest BCUT2D eigenvalue weighted by Crippen LogP contribution is 2.17. The van der Waals surface area contributed by atoms with Gasteiger partial charge in [0.1, 0.15) is 0 Å². The quantitative estimate of drug-likeness (QED) is 0.636. The van der Waals surface area contributed by atoms with E-state index in [1.165, 1.54) is 5.69 Å². The van der Waals surface area contributed by atoms with E-state index in [0.717, 1.165) is 19.5 Å². The molecule has 66 valence electrons. The number of anilines is 1. The summed E-state index contributed by atoms with van der Waals surface area (Å²) in [4.78, 5) is 2.28. The zero-order valence-electron chi connectivity index (χ0n) is 7.27. The Morgan fingerprint density at radius 3 is 3.00 bits per heavy atom. The van der Waals surface area contributed by atoms with Crippen molar-refractivity contribution in [3.8, 4) is 0 Å². The molecule has 2 N–H and O–H groups in total. The van der Waals surface area contributed by atoms with Crippen molar-refractivity contribution in [2.45, 2.75) is 12.5 Å². The zero-order chi connectivity index (χ0) is 8.55. The third-order valence-electron chi connectivity index (χ3n) is 2.28. The molecule has 1 saturated heterocycles. The number of aromatic nitrogens is 2. The molecule has 0 spiro atoms. The van der Waals surface area contributed by atoms with Crippen LogP contribution in [0.2, 0.25) is 0 Å². The van der Waals surface area contributed by atoms with Crippen LogP contribution in [0, 0.1) is 0 Å². The molecule has 0 aromatic carbocycles. The lowest BCUT2D eigenvalue weighted by atomic mass is 10.3. The first-order valence-electron chi connectivity index (χ1n) is 4.25. The molecule has 4 heteroatoms. The summed E-state index contributed by atoms with van der Waals surface area (Å²) in [5.41, 5.74) is 6.99. The third kappa shape index (κ3) is 1.30. The fourth-order valence-corrected chi connectivity index (χ4v) is 1.59. The van der Waals surface area contributed by atoms with Crippen LogP contribution >= 0.6 is 0 Å². The molecule has 1 aromatic heterocycles. The minimum atomic E-state index is 0.338. The number of rotatable bonds is 1. The predicted octanol–water partition coefficient (Wildman–Crippen LogP) is -0.0425. The standard InChI is InChI=1S/C8H14N4/c1-11-6-8(4-10-11)12-3-2-7(9)5-12/h4,6-7H,2-3,5,9H2,1H3. The van der Waals surface area contributed by atoms with Crippen LogP contribution < -0.4 is 10.6 Å². The number of aryl methyl sites for hydroxylation is 1. The molecule has 1 aliphatic heterocycles. The molecule has 12 heavy (non-hydrogen) atoms. The highest BCUT2D eigenvalue weighted by atomic mass is 15.3. The van der Waals surface area contributed by atoms with Gasteiger partial charge < -0.3 is 10.6 Å². The summed E-state index contributed by atoms with van der Waals surface area (Å²) >= 11 is 0. The molecule has 4 nitrogen and oxygen atoms in total. The Hall–Kier alpha value is -1.03. The molecule has 2 heterocycles. The Bertz CT molecular complexity index is 268. The molecule has 0 aliphatic carbocycles. The Labute approximate surface area is 72.0 Å². The van der Waals surface area contributed by atoms with Gasteiger partial charge in [0.25, 0.3) is 0 Å². The van der Waals surface area contributed by atoms with E-state index in [2.05, 4.69) is 10.00 Å². The van der Waals surface area contributed by atoms with E-state index >= 15 is 0 Å². The molecule has 1 unspecified atom stereocenters. The van der Waals surface area contributed by atoms with Gasteiger partial charge in [-0.3, -0.25) is 4.68 Å². The highest BCUT2D eigenvalue weighted by molar-refractivity contribution is 5.43. The van der Waals surface area contributed by atoms with Crippen LogP contribution in [0.1, 0.15) is 6.42 Å². The minimum Gasteiger partial charge on any atom is -0.367 e. The molecule has 0 bridgehead atoms. The summed E-state index contributed by atoms with van der Waals surface area (Å²) in [5.74, 6) is 0. The second-order valence-corrected chi connectivity index (χ2v) is 3.37. The molecule has 0 radical (unpaired) electrons. The summed E-state index contributed by atoms with van der Waals surface area (Å²) < 4.78 is 1.82. The molecule has 1 aliphatic rings. The highest BCUT2D eigenvalue weighted by Gasteiger charge is 2.19. The molecule has 1 aromatic rings. The van der Waals surface area contributed by atoms with Gasteiger partial charge in [-0.1, -0.05) is 0 Å². The minimum absolute atomic E-state index is 0.338. The van der Waals surface area contributed by atoms with Gasteiger partial charge in [0, 0.05) is 32.4 Å². The van der Waals surface area contributed by atoms with Crippen molar-refractivity contribution in [2.75, 3.05) is 18.0 Å². The van der Waals surface area contributed by atoms with E-state index in [1.54, 1.807) is 0 Å². The maximum Gasteiger partial charge on any atom is 0.0752 e. The van der Waals surface area contributed by atoms with Crippen LogP contribution in [-0.2, 0) is 7.05 Å². The fourth-order valence-electron chi connectivity index (χ4n) is 1.59. The maximum atomic E-state index is 5.80. The molecule has 0 saturated carbocycles. The second kappa shape index (κ2) is 2.79. The van der Waals surface area contributed by atoms with Gasteiger partial charge in [-0.2, -0.15) is 5.10 Å². The first kappa shape index (κ1) is 7.61. The Kier molecular flexibility index (Phi) is 1.77. The monoisotopic (exact) mass is 166 g/mol. The largest absolute Gasteiger partial charge is 0.367 e. The second-order valence-electron chi connectivity index (χ2n) is 3.37. The fraction of sp³-hybridized carbons (Fsp3) is 0.625. The first-order chi connectivity index (χ1) is 5.75. The van der Waals surface area contributed by atoms with Crippen LogP contribution in [-0.4, -0.2) is 28.9 Å². The van der Waals surface area contributed by atoms with Crippen molar-refractivity contribution in [1.82, 2.24) is 9.78 Å². The average Bonchev–Trinajstić information content (AvgIpc) is 2.58. The SMILES string of the molecule is Cn1cc(N2CCC(N)C2)cn1. The van der Waals surface area contributed by atoms with Crippen LogP contribution in [0.4, 0.5) is 5.69 Å². The topological polar surface area (TPSA) is 47.1 Å². The molecular formula is C8H14N4. The van der Waals surface area contributed by atoms with E-state index in [0.29, 0.717) is 6.04 Å². The van der Waals surface area contributed by atoms with Gasteiger partial charge in [0.2, 0.25) is 0 Å². The van der Waals surface area contributed by atoms with Gasteiger partial charge in [-0.05, 0) is 6.42 Å². The lowest BCUT2D eigenvalue weighted by molar-refractivity contribution is 0.752. The third-order valence-corrected chi connectivity index (χ3v) is 2.28. The van der Waals surface area contributed by atoms with Gasteiger partial charge in [0.15, 0.2) is 0 Å². The van der Waals surface area contributed by atoms with Crippen LogP contribution in [0.5, 0.6) is 0 Å². The van der Waals surface area contributed by atoms with Gasteiger partial charge >= 0.3 is 0 Å². The smallest absolute Gasteiger partial charge is 0.0752 e. The van der Waals surface area contributed by atoms with E-state index < -0.39 is 0 Å². The summed E-state index contributed by atoms with van der Waals surface area (Å²) in [7, 11) is 1.93. The van der Waals surface area contributed by atoms with Crippen molar-refractivity contribution in [1.29, 1.82) is 0 Å². The van der Waals surface area contributed by atoms with E-state index in [1.807, 2.05) is 24.1 Å². The van der Waals surface area contributed by atoms with Crippen LogP contribution in [0.25, 0.3) is 0 Å². The van der Waals surface area contributed by atoms with Gasteiger partial charge in [0.05, 0.1) is 11.9 Å². The summed E-state index contributed by atoms with van der Waals surface area (Å²) in [6.45, 7) is 2.03. The normalized spacial score (nSPS) is 23.5. The van der Waals surface area contributed by atoms with Crippen molar-refractivity contribution in [3.05, 3.63) is 12.4 Å². The van der Waals surface area contributed by atoms with Crippen molar-refractivity contribution >= 4 is 5.69 Å². The number of hydrogen-bond acceptors (Lipinski definition) is 3. The Morgan fingerprint density at radius 2 is 2.50 bits per heavy atom. The van der Waals surface area contributed by atoms with Crippen molar-refractivity contribution < 1.29 is 0 Å². The Morgan fingerprint density at radius 1 is 1.67 bits per heavy atom. The Balaban J connectivity index is 2.11. The number of nitrogens with zero attached hydrogens (tertiary/aromatic N) is 3. The van der Waals surface area contributed by atoms with E-state index in [4.69, 9.17) is 5.73 Å². The van der Waals surface area contributed by atoms with Crippen molar-refractivity contribution in [2.24, 2.45) is 12.8 Å². The van der Waals surface area contributed by atoms with Crippen LogP contribution in [0.3, 0.4) is 0 Å². The first-order valence-corrected chi connectivity index (χ1v) is 4.25. The molecule has 0 amide bonds. The van der Waals surface area contributed by atoms with Gasteiger partial charge in [-0.15, -0.1) is 0 Å². The average molecular weight is 166 g/mol. The number of hydrogen-bond donors (Lipinski definition) is 1. The number of nitrogens with two attached hydrogens (primary N) is 1. The summed E-state index contributed by atoms with van der Waals surface area (Å²) in [6, 6.07) is 0.338. The molecule has 1 atom stereocenters. The maximum absolute atomic E-state index is 5.80. The van der Waals surface area contributed by atoms with Crippen LogP contribution in [0.15, 0.2) is 12.4 Å². The zero-order valence-corrected chi connectivity index (χ0v) is 7.27. The van der Waals surface area contributed by atoms with E-state index in [-0.39, 0.29) is 0 Å². The lowest BCUT2D eigenvalue weighted by Crippen LogP contribution is -2.25. The molecular weight excluding hydrogens is 152 g/mol. The summed E-state index contributed by atoms with van der Waals surface area (Å²) in [6.07, 6.45) is 5.00. The molecule has 2 rings (SSSR count). The van der Waals surface area contributed by atoms with Gasteiger partial charge in [-0.25, -0.2) is 0 Å². The lowest BCUT2D eigenvalue weighted by Gasteiger charge is -2.14. The summed E-state index contributed by atoms with van der Waals surface area (Å²) in [5, 5.41) is 4.12. The van der Waals surface area contributed by atoms with E-state index in [9.17, 15) is 0 Å². The van der Waals surface area contributed by atoms with Crippen molar-refractivity contribution in [3.63, 3.8) is 0 Å². The predicted molar refractivity (Wildman–Crippen MR) is 48.0 cm³/mol. The molecule has 1 fully saturated rings.